The highest BCUT2D eigenvalue weighted by Crippen LogP contribution is 2.25. The number of nitrogens with zero attached hydrogens (tertiary/aromatic N) is 5. The number of sulfonamides is 1. The van der Waals surface area contributed by atoms with E-state index >= 15 is 0 Å². The van der Waals surface area contributed by atoms with Gasteiger partial charge in [-0.25, -0.2) is 13.1 Å². The lowest BCUT2D eigenvalue weighted by Gasteiger charge is -2.18. The van der Waals surface area contributed by atoms with Crippen LogP contribution >= 0.6 is 11.8 Å². The van der Waals surface area contributed by atoms with Crippen molar-refractivity contribution in [3.63, 3.8) is 0 Å². The summed E-state index contributed by atoms with van der Waals surface area (Å²) in [7, 11) is -3.62. The van der Waals surface area contributed by atoms with Crippen LogP contribution in [0.25, 0.3) is 11.4 Å². The molecule has 1 amide bonds. The summed E-state index contributed by atoms with van der Waals surface area (Å²) in [5.41, 5.74) is 0.497. The van der Waals surface area contributed by atoms with Gasteiger partial charge in [-0.3, -0.25) is 4.79 Å². The van der Waals surface area contributed by atoms with Gasteiger partial charge in [0, 0.05) is 24.7 Å². The number of carbonyl (C=O) groups is 1. The van der Waals surface area contributed by atoms with Gasteiger partial charge >= 0.3 is 0 Å². The predicted molar refractivity (Wildman–Crippen MR) is 112 cm³/mol. The number of hydrogen-bond donors (Lipinski definition) is 2. The van der Waals surface area contributed by atoms with Crippen molar-refractivity contribution in [2.45, 2.75) is 23.9 Å². The van der Waals surface area contributed by atoms with Crippen LogP contribution in [-0.2, 0) is 14.8 Å². The number of thioether (sulfide) groups is 1. The topological polar surface area (TPSA) is 149 Å². The molecule has 3 aromatic rings. The van der Waals surface area contributed by atoms with Crippen molar-refractivity contribution in [1.82, 2.24) is 24.3 Å². The van der Waals surface area contributed by atoms with E-state index in [2.05, 4.69) is 25.2 Å². The van der Waals surface area contributed by atoms with Gasteiger partial charge in [0.25, 0.3) is 0 Å². The maximum atomic E-state index is 12.8. The average molecular weight is 452 g/mol. The third-order valence-electron chi connectivity index (χ3n) is 4.14. The zero-order valence-electron chi connectivity index (χ0n) is 16.3. The van der Waals surface area contributed by atoms with E-state index in [-0.39, 0.29) is 22.4 Å². The SMILES string of the molecule is CCN(CC)S(=O)(=O)c1cccc(-c2nnc(SCC(=O)Nc3ccon3)n2N)c1. The molecule has 0 radical (unpaired) electrons. The van der Waals surface area contributed by atoms with Crippen molar-refractivity contribution in [2.24, 2.45) is 0 Å². The highest BCUT2D eigenvalue weighted by molar-refractivity contribution is 7.99. The molecule has 160 valence electrons. The third-order valence-corrected chi connectivity index (χ3v) is 7.13. The molecule has 0 aliphatic heterocycles. The number of rotatable bonds is 9. The van der Waals surface area contributed by atoms with Gasteiger partial charge in [-0.2, -0.15) is 4.31 Å². The van der Waals surface area contributed by atoms with Gasteiger partial charge in [0.2, 0.25) is 21.1 Å². The first-order chi connectivity index (χ1) is 14.4. The number of aromatic nitrogens is 4. The van der Waals surface area contributed by atoms with Crippen molar-refractivity contribution in [2.75, 3.05) is 30.0 Å². The highest BCUT2D eigenvalue weighted by Gasteiger charge is 2.23. The summed E-state index contributed by atoms with van der Waals surface area (Å²) >= 11 is 1.08. The molecule has 0 aliphatic rings. The molecule has 0 bridgehead atoms. The molecule has 2 heterocycles. The van der Waals surface area contributed by atoms with Crippen LogP contribution in [0.2, 0.25) is 0 Å². The zero-order chi connectivity index (χ0) is 21.7. The Kier molecular flexibility index (Phi) is 6.74. The van der Waals surface area contributed by atoms with Crippen LogP contribution in [0.3, 0.4) is 0 Å². The fraction of sp³-hybridized carbons (Fsp3) is 0.294. The van der Waals surface area contributed by atoms with Crippen LogP contribution in [0.5, 0.6) is 0 Å². The molecule has 0 saturated heterocycles. The number of nitrogens with two attached hydrogens (primary N) is 1. The Bertz CT molecular complexity index is 1110. The molecule has 30 heavy (non-hydrogen) atoms. The first-order valence-corrected chi connectivity index (χ1v) is 11.4. The number of nitrogen functional groups attached to an aromatic ring is 1. The van der Waals surface area contributed by atoms with E-state index in [0.717, 1.165) is 11.8 Å². The van der Waals surface area contributed by atoms with Crippen LogP contribution in [0.4, 0.5) is 5.82 Å². The summed E-state index contributed by atoms with van der Waals surface area (Å²) in [5, 5.41) is 14.5. The van der Waals surface area contributed by atoms with E-state index < -0.39 is 10.0 Å². The Hall–Kier alpha value is -2.90. The van der Waals surface area contributed by atoms with Gasteiger partial charge in [0.1, 0.15) is 6.26 Å². The smallest absolute Gasteiger partial charge is 0.243 e. The molecule has 0 saturated carbocycles. The lowest BCUT2D eigenvalue weighted by Crippen LogP contribution is -2.30. The molecule has 13 heteroatoms. The minimum Gasteiger partial charge on any atom is -0.363 e. The molecular formula is C17H21N7O4S2. The number of carbonyl (C=O) groups excluding carboxylic acids is 1. The van der Waals surface area contributed by atoms with Crippen molar-refractivity contribution in [3.8, 4) is 11.4 Å². The number of nitrogens with one attached hydrogen (secondary N) is 1. The van der Waals surface area contributed by atoms with E-state index in [1.807, 2.05) is 0 Å². The molecule has 0 unspecified atom stereocenters. The van der Waals surface area contributed by atoms with Crippen molar-refractivity contribution in [1.29, 1.82) is 0 Å². The zero-order valence-corrected chi connectivity index (χ0v) is 18.0. The summed E-state index contributed by atoms with van der Waals surface area (Å²) in [4.78, 5) is 12.1. The van der Waals surface area contributed by atoms with E-state index in [1.165, 1.54) is 33.4 Å². The molecule has 0 aliphatic carbocycles. The second-order valence-electron chi connectivity index (χ2n) is 6.01. The Morgan fingerprint density at radius 3 is 2.70 bits per heavy atom. The molecule has 3 N–H and O–H groups in total. The van der Waals surface area contributed by atoms with Crippen LogP contribution in [0.1, 0.15) is 13.8 Å². The Morgan fingerprint density at radius 2 is 2.03 bits per heavy atom. The predicted octanol–water partition coefficient (Wildman–Crippen LogP) is 1.41. The molecule has 11 nitrogen and oxygen atoms in total. The van der Waals surface area contributed by atoms with Gasteiger partial charge in [0.15, 0.2) is 11.6 Å². The average Bonchev–Trinajstić information content (AvgIpc) is 3.37. The normalized spacial score (nSPS) is 11.7. The van der Waals surface area contributed by atoms with Crippen LogP contribution < -0.4 is 11.2 Å². The summed E-state index contributed by atoms with van der Waals surface area (Å²) in [6, 6.07) is 7.87. The van der Waals surface area contributed by atoms with Crippen LogP contribution in [0.15, 0.2) is 51.2 Å². The minimum absolute atomic E-state index is 0.0264. The van der Waals surface area contributed by atoms with E-state index in [4.69, 9.17) is 5.84 Å². The van der Waals surface area contributed by atoms with Gasteiger partial charge < -0.3 is 15.7 Å². The number of benzene rings is 1. The fourth-order valence-electron chi connectivity index (χ4n) is 2.67. The molecule has 0 fully saturated rings. The summed E-state index contributed by atoms with van der Waals surface area (Å²) in [6.45, 7) is 4.30. The summed E-state index contributed by atoms with van der Waals surface area (Å²) in [6.07, 6.45) is 1.35. The molecule has 0 atom stereocenters. The second-order valence-corrected chi connectivity index (χ2v) is 8.90. The monoisotopic (exact) mass is 451 g/mol. The molecule has 2 aromatic heterocycles. The summed E-state index contributed by atoms with van der Waals surface area (Å²) < 4.78 is 32.8. The van der Waals surface area contributed by atoms with Crippen molar-refractivity contribution in [3.05, 3.63) is 36.6 Å². The van der Waals surface area contributed by atoms with Crippen molar-refractivity contribution < 1.29 is 17.7 Å². The maximum absolute atomic E-state index is 12.8. The largest absolute Gasteiger partial charge is 0.363 e. The van der Waals surface area contributed by atoms with E-state index in [0.29, 0.717) is 29.6 Å². The van der Waals surface area contributed by atoms with Crippen LogP contribution in [-0.4, -0.2) is 57.5 Å². The summed E-state index contributed by atoms with van der Waals surface area (Å²) in [5.74, 6) is 6.38. The Balaban J connectivity index is 1.76. The van der Waals surface area contributed by atoms with Crippen molar-refractivity contribution >= 4 is 33.5 Å². The molecule has 1 aromatic carbocycles. The quantitative estimate of drug-likeness (QED) is 0.363. The molecular weight excluding hydrogens is 430 g/mol. The van der Waals surface area contributed by atoms with Gasteiger partial charge in [-0.05, 0) is 12.1 Å². The maximum Gasteiger partial charge on any atom is 0.243 e. The standard InChI is InChI=1S/C17H21N7O4S2/c1-3-23(4-2)30(26,27)13-7-5-6-12(10-13)16-20-21-17(24(16)18)29-11-15(25)19-14-8-9-28-22-14/h5-10H,3-4,11,18H2,1-2H3,(H,19,22,25). The number of hydrogen-bond acceptors (Lipinski definition) is 9. The van der Waals surface area contributed by atoms with Gasteiger partial charge in [0.05, 0.1) is 10.6 Å². The van der Waals surface area contributed by atoms with Gasteiger partial charge in [-0.1, -0.05) is 42.9 Å². The number of amides is 1. The highest BCUT2D eigenvalue weighted by atomic mass is 32.2. The Labute approximate surface area is 177 Å². The molecule has 3 rings (SSSR count). The lowest BCUT2D eigenvalue weighted by molar-refractivity contribution is -0.113. The lowest BCUT2D eigenvalue weighted by atomic mass is 10.2. The first-order valence-electron chi connectivity index (χ1n) is 9.01. The Morgan fingerprint density at radius 1 is 1.27 bits per heavy atom. The van der Waals surface area contributed by atoms with E-state index in [9.17, 15) is 13.2 Å². The molecule has 0 spiro atoms. The van der Waals surface area contributed by atoms with Crippen LogP contribution in [0, 0.1) is 0 Å². The van der Waals surface area contributed by atoms with E-state index in [1.54, 1.807) is 26.0 Å². The van der Waals surface area contributed by atoms with Gasteiger partial charge in [-0.15, -0.1) is 10.2 Å². The third kappa shape index (κ3) is 4.63. The first kappa shape index (κ1) is 21.8. The minimum atomic E-state index is -3.62. The second kappa shape index (κ2) is 9.28. The fourth-order valence-corrected chi connectivity index (χ4v) is 4.83. The number of anilines is 1.